The van der Waals surface area contributed by atoms with E-state index in [9.17, 15) is 10.2 Å². The van der Waals surface area contributed by atoms with Crippen molar-refractivity contribution in [2.45, 2.75) is 32.5 Å². The van der Waals surface area contributed by atoms with Crippen molar-refractivity contribution in [1.82, 2.24) is 0 Å². The van der Waals surface area contributed by atoms with Crippen LogP contribution in [0, 0.1) is 0 Å². The molecule has 1 saturated heterocycles. The van der Waals surface area contributed by atoms with Crippen LogP contribution in [-0.4, -0.2) is 16.8 Å². The zero-order valence-corrected chi connectivity index (χ0v) is 17.4. The molecule has 3 aromatic rings. The molecule has 0 bridgehead atoms. The number of aromatic hydroxyl groups is 2. The lowest BCUT2D eigenvalue weighted by Crippen LogP contribution is -2.36. The van der Waals surface area contributed by atoms with Crippen LogP contribution in [0.5, 0.6) is 11.5 Å². The van der Waals surface area contributed by atoms with Crippen molar-refractivity contribution in [3.05, 3.63) is 89.5 Å². The highest BCUT2D eigenvalue weighted by Crippen LogP contribution is 2.40. The Morgan fingerprint density at radius 3 is 2.23 bits per heavy atom. The van der Waals surface area contributed by atoms with Gasteiger partial charge in [-0.25, -0.2) is 0 Å². The largest absolute Gasteiger partial charge is 0.508 e. The average molecular weight is 423 g/mol. The Morgan fingerprint density at radius 1 is 0.871 bits per heavy atom. The molecule has 0 saturated carbocycles. The van der Waals surface area contributed by atoms with Crippen molar-refractivity contribution < 1.29 is 29.8 Å². The van der Waals surface area contributed by atoms with Crippen LogP contribution in [-0.2, 0) is 31.9 Å². The van der Waals surface area contributed by atoms with Gasteiger partial charge in [-0.15, -0.1) is 0 Å². The van der Waals surface area contributed by atoms with Gasteiger partial charge in [-0.05, 0) is 50.2 Å². The summed E-state index contributed by atoms with van der Waals surface area (Å²) in [5.74, 6) is -1.17. The lowest BCUT2D eigenvalue weighted by molar-refractivity contribution is -0.634. The van der Waals surface area contributed by atoms with E-state index in [-0.39, 0.29) is 11.5 Å². The minimum Gasteiger partial charge on any atom is -0.508 e. The van der Waals surface area contributed by atoms with Crippen molar-refractivity contribution in [3.63, 3.8) is 0 Å². The van der Waals surface area contributed by atoms with Crippen LogP contribution in [0.4, 0.5) is 5.69 Å². The maximum atomic E-state index is 10.4. The van der Waals surface area contributed by atoms with E-state index < -0.39 is 12.1 Å². The van der Waals surface area contributed by atoms with E-state index in [4.69, 9.17) is 19.6 Å². The molecule has 3 aromatic carbocycles. The van der Waals surface area contributed by atoms with E-state index in [0.717, 1.165) is 12.2 Å². The maximum absolute atomic E-state index is 10.4. The van der Waals surface area contributed by atoms with E-state index in [2.05, 4.69) is 11.8 Å². The zero-order chi connectivity index (χ0) is 21.8. The molecule has 1 fully saturated rings. The van der Waals surface area contributed by atoms with Crippen LogP contribution in [0.1, 0.15) is 36.8 Å². The fourth-order valence-electron chi connectivity index (χ4n) is 3.41. The van der Waals surface area contributed by atoms with E-state index in [1.165, 1.54) is 6.07 Å². The van der Waals surface area contributed by atoms with Crippen molar-refractivity contribution in [3.8, 4) is 11.5 Å². The summed E-state index contributed by atoms with van der Waals surface area (Å²) in [6.45, 7) is 4.98. The summed E-state index contributed by atoms with van der Waals surface area (Å²) in [6, 6.07) is 21.7. The van der Waals surface area contributed by atoms with Gasteiger partial charge in [0.1, 0.15) is 11.5 Å². The first-order valence-electron chi connectivity index (χ1n) is 10.1. The van der Waals surface area contributed by atoms with Gasteiger partial charge < -0.3 is 15.1 Å². The Labute approximate surface area is 180 Å². The fraction of sp³-hybridized carbons (Fsp3) is 0.250. The molecule has 162 valence electrons. The van der Waals surface area contributed by atoms with Gasteiger partial charge in [0, 0.05) is 29.9 Å². The van der Waals surface area contributed by atoms with Crippen LogP contribution >= 0.6 is 0 Å². The van der Waals surface area contributed by atoms with E-state index in [1.54, 1.807) is 43.3 Å². The summed E-state index contributed by atoms with van der Waals surface area (Å²) >= 11 is 0. The van der Waals surface area contributed by atoms with Crippen molar-refractivity contribution >= 4 is 5.69 Å². The van der Waals surface area contributed by atoms with E-state index >= 15 is 0 Å². The number of phenolic OH excluding ortho intramolecular Hbond substituents is 2. The van der Waals surface area contributed by atoms with Crippen molar-refractivity contribution in [2.75, 3.05) is 11.4 Å². The highest BCUT2D eigenvalue weighted by molar-refractivity contribution is 5.48. The topological polar surface area (TPSA) is 80.6 Å². The van der Waals surface area contributed by atoms with Gasteiger partial charge in [-0.3, -0.25) is 0 Å². The lowest BCUT2D eigenvalue weighted by atomic mass is 10.0. The molecule has 0 unspecified atom stereocenters. The molecule has 2 N–H and O–H groups in total. The molecule has 1 heterocycles. The Kier molecular flexibility index (Phi) is 6.11. The van der Waals surface area contributed by atoms with Gasteiger partial charge in [0.2, 0.25) is 0 Å². The van der Waals surface area contributed by atoms with Gasteiger partial charge in [-0.2, -0.15) is 19.6 Å². The second-order valence-electron chi connectivity index (χ2n) is 7.39. The second-order valence-corrected chi connectivity index (χ2v) is 7.39. The lowest BCUT2D eigenvalue weighted by Gasteiger charge is -2.35. The molecule has 1 aliphatic heterocycles. The molecular formula is C24H25NO6. The van der Waals surface area contributed by atoms with Crippen molar-refractivity contribution in [1.29, 1.82) is 0 Å². The van der Waals surface area contributed by atoms with Crippen LogP contribution in [0.2, 0.25) is 0 Å². The summed E-state index contributed by atoms with van der Waals surface area (Å²) in [7, 11) is 0. The zero-order valence-electron chi connectivity index (χ0n) is 17.4. The van der Waals surface area contributed by atoms with E-state index in [0.29, 0.717) is 23.2 Å². The summed E-state index contributed by atoms with van der Waals surface area (Å²) in [5, 5.41) is 20.4. The fourth-order valence-corrected chi connectivity index (χ4v) is 3.41. The Bertz CT molecular complexity index is 1020. The monoisotopic (exact) mass is 423 g/mol. The highest BCUT2D eigenvalue weighted by Gasteiger charge is 2.40. The molecule has 4 rings (SSSR count). The number of phenols is 2. The number of hydrogen-bond donors (Lipinski definition) is 2. The molecule has 0 spiro atoms. The number of nitrogens with zero attached hydrogens (tertiary/aromatic N) is 1. The Morgan fingerprint density at radius 2 is 1.55 bits per heavy atom. The Balaban J connectivity index is 1.52. The number of hydrogen-bond acceptors (Lipinski definition) is 7. The molecule has 1 aliphatic rings. The van der Waals surface area contributed by atoms with Gasteiger partial charge in [0.25, 0.3) is 12.1 Å². The first kappa shape index (κ1) is 21.1. The average Bonchev–Trinajstić information content (AvgIpc) is 2.80. The number of benzene rings is 3. The molecule has 31 heavy (non-hydrogen) atoms. The highest BCUT2D eigenvalue weighted by atomic mass is 17.4. The molecule has 0 amide bonds. The third kappa shape index (κ3) is 4.50. The molecule has 0 aliphatic carbocycles. The van der Waals surface area contributed by atoms with Gasteiger partial charge in [0.15, 0.2) is 0 Å². The number of anilines is 1. The van der Waals surface area contributed by atoms with Gasteiger partial charge in [-0.1, -0.05) is 36.4 Å². The predicted molar refractivity (Wildman–Crippen MR) is 114 cm³/mol. The minimum absolute atomic E-state index is 0.00999. The molecule has 7 heteroatoms. The Hall–Kier alpha value is -3.10. The van der Waals surface area contributed by atoms with E-state index in [1.807, 2.05) is 30.3 Å². The number of para-hydroxylation sites is 2. The predicted octanol–water partition coefficient (Wildman–Crippen LogP) is 4.91. The standard InChI is InChI=1S/C24H25NO6/c1-3-25(19-9-5-4-6-10-19)16-17-15-18(13-14-21(17)26)24(2)30-28-23(29-31-24)20-11-7-8-12-22(20)27/h4-15,23,26-27H,3,16H2,1-2H3. The first-order valence-corrected chi connectivity index (χ1v) is 10.1. The summed E-state index contributed by atoms with van der Waals surface area (Å²) in [4.78, 5) is 24.0. The smallest absolute Gasteiger partial charge is 0.256 e. The van der Waals surface area contributed by atoms with Crippen LogP contribution in [0.15, 0.2) is 72.8 Å². The van der Waals surface area contributed by atoms with Gasteiger partial charge >= 0.3 is 0 Å². The second kappa shape index (κ2) is 8.95. The quantitative estimate of drug-likeness (QED) is 0.546. The molecule has 0 atom stereocenters. The SMILES string of the molecule is CCN(Cc1cc(C2(C)OOC(c3ccccc3O)OO2)ccc1O)c1ccccc1. The molecule has 0 aromatic heterocycles. The van der Waals surface area contributed by atoms with Crippen LogP contribution in [0.25, 0.3) is 0 Å². The summed E-state index contributed by atoms with van der Waals surface area (Å²) < 4.78 is 0. The molecule has 0 radical (unpaired) electrons. The summed E-state index contributed by atoms with van der Waals surface area (Å²) in [6.07, 6.45) is -1.03. The first-order chi connectivity index (χ1) is 15.0. The maximum Gasteiger partial charge on any atom is 0.256 e. The third-order valence-electron chi connectivity index (χ3n) is 5.25. The third-order valence-corrected chi connectivity index (χ3v) is 5.25. The van der Waals surface area contributed by atoms with Crippen LogP contribution < -0.4 is 4.90 Å². The number of rotatable bonds is 6. The normalized spacial score (nSPS) is 21.0. The molecule has 7 nitrogen and oxygen atoms in total. The minimum atomic E-state index is -1.35. The summed E-state index contributed by atoms with van der Waals surface area (Å²) in [5.41, 5.74) is 2.76. The molecular weight excluding hydrogens is 398 g/mol. The van der Waals surface area contributed by atoms with Crippen LogP contribution in [0.3, 0.4) is 0 Å². The van der Waals surface area contributed by atoms with Crippen molar-refractivity contribution in [2.24, 2.45) is 0 Å². The van der Waals surface area contributed by atoms with Gasteiger partial charge in [0.05, 0.1) is 5.56 Å².